The Hall–Kier alpha value is -1.31. The molecule has 1 aliphatic heterocycles. The van der Waals surface area contributed by atoms with E-state index >= 15 is 0 Å². The fraction of sp³-hybridized carbons (Fsp3) is 0.643. The zero-order chi connectivity index (χ0) is 15.4. The Bertz CT molecular complexity index is 516. The van der Waals surface area contributed by atoms with Crippen LogP contribution in [0.3, 0.4) is 0 Å². The summed E-state index contributed by atoms with van der Waals surface area (Å²) in [5.74, 6) is 0.770. The number of aromatic nitrogens is 2. The van der Waals surface area contributed by atoms with Crippen molar-refractivity contribution in [2.24, 2.45) is 5.73 Å². The van der Waals surface area contributed by atoms with E-state index < -0.39 is 0 Å². The maximum atomic E-state index is 8.80. The predicted molar refractivity (Wildman–Crippen MR) is 85.7 cm³/mol. The Kier molecular flexibility index (Phi) is 5.44. The smallest absolute Gasteiger partial charge is 0.161 e. The molecular weight excluding hydrogens is 288 g/mol. The average Bonchev–Trinajstić information content (AvgIpc) is 2.48. The molecule has 0 saturated carbocycles. The lowest BCUT2D eigenvalue weighted by atomic mass is 10.0. The molecule has 0 aliphatic carbocycles. The highest BCUT2D eigenvalue weighted by molar-refractivity contribution is 7.80. The Labute approximate surface area is 130 Å². The molecule has 1 aliphatic rings. The summed E-state index contributed by atoms with van der Waals surface area (Å²) in [6, 6.07) is 0. The Morgan fingerprint density at radius 3 is 2.62 bits per heavy atom. The van der Waals surface area contributed by atoms with Crippen LogP contribution >= 0.6 is 12.2 Å². The van der Waals surface area contributed by atoms with Crippen LogP contribution in [0.2, 0.25) is 0 Å². The van der Waals surface area contributed by atoms with Gasteiger partial charge in [0.25, 0.3) is 0 Å². The van der Waals surface area contributed by atoms with Crippen molar-refractivity contribution in [2.75, 3.05) is 31.2 Å². The number of nitrogens with two attached hydrogens (primary N) is 1. The molecule has 0 radical (unpaired) electrons. The molecule has 21 heavy (non-hydrogen) atoms. The second-order valence-corrected chi connectivity index (χ2v) is 5.69. The van der Waals surface area contributed by atoms with E-state index in [2.05, 4.69) is 15.1 Å². The van der Waals surface area contributed by atoms with Gasteiger partial charge in [-0.1, -0.05) is 12.2 Å². The van der Waals surface area contributed by atoms with Gasteiger partial charge in [0.05, 0.1) is 30.6 Å². The number of aliphatic hydroxyl groups is 1. The van der Waals surface area contributed by atoms with Crippen molar-refractivity contribution in [1.29, 1.82) is 0 Å². The van der Waals surface area contributed by atoms with Gasteiger partial charge in [-0.25, -0.2) is 0 Å². The van der Waals surface area contributed by atoms with E-state index in [0.717, 1.165) is 48.6 Å². The number of aryl methyl sites for hydroxylation is 1. The fourth-order valence-corrected chi connectivity index (χ4v) is 2.81. The monoisotopic (exact) mass is 310 g/mol. The van der Waals surface area contributed by atoms with Crippen molar-refractivity contribution in [3.8, 4) is 0 Å². The summed E-state index contributed by atoms with van der Waals surface area (Å²) in [7, 11) is 0. The third-order valence-corrected chi connectivity index (χ3v) is 4.07. The summed E-state index contributed by atoms with van der Waals surface area (Å²) in [6.45, 7) is 5.98. The normalized spacial score (nSPS) is 16.2. The van der Waals surface area contributed by atoms with Crippen LogP contribution in [-0.2, 0) is 4.74 Å². The standard InChI is InChI=1S/C14H22N4O2S/c1-9-10(2)16-17-14(12(9)13(15)21)18-5-3-11(4-6-18)20-8-7-19/h11,19H,3-8H2,1-2H3,(H2,15,21). The number of hydrogen-bond donors (Lipinski definition) is 2. The van der Waals surface area contributed by atoms with Crippen molar-refractivity contribution >= 4 is 23.0 Å². The van der Waals surface area contributed by atoms with Crippen LogP contribution in [0.4, 0.5) is 5.82 Å². The molecule has 1 aromatic heterocycles. The molecule has 0 unspecified atom stereocenters. The third-order valence-electron chi connectivity index (χ3n) is 3.87. The topological polar surface area (TPSA) is 84.5 Å². The summed E-state index contributed by atoms with van der Waals surface area (Å²) in [4.78, 5) is 2.52. The van der Waals surface area contributed by atoms with E-state index in [-0.39, 0.29) is 12.7 Å². The largest absolute Gasteiger partial charge is 0.394 e. The van der Waals surface area contributed by atoms with Gasteiger partial charge >= 0.3 is 0 Å². The van der Waals surface area contributed by atoms with Crippen LogP contribution < -0.4 is 10.6 Å². The van der Waals surface area contributed by atoms with Crippen LogP contribution in [0.1, 0.15) is 29.7 Å². The summed E-state index contributed by atoms with van der Waals surface area (Å²) in [5, 5.41) is 17.3. The van der Waals surface area contributed by atoms with E-state index in [9.17, 15) is 0 Å². The van der Waals surface area contributed by atoms with Crippen LogP contribution in [0, 0.1) is 13.8 Å². The lowest BCUT2D eigenvalue weighted by Crippen LogP contribution is -2.39. The van der Waals surface area contributed by atoms with Crippen LogP contribution in [0.5, 0.6) is 0 Å². The second-order valence-electron chi connectivity index (χ2n) is 5.25. The number of thiocarbonyl (C=S) groups is 1. The number of anilines is 1. The van der Waals surface area contributed by atoms with E-state index in [1.54, 1.807) is 0 Å². The average molecular weight is 310 g/mol. The molecule has 1 aromatic rings. The van der Waals surface area contributed by atoms with Crippen LogP contribution in [-0.4, -0.2) is 52.7 Å². The van der Waals surface area contributed by atoms with E-state index in [4.69, 9.17) is 27.8 Å². The first-order valence-corrected chi connectivity index (χ1v) is 7.56. The minimum absolute atomic E-state index is 0.0639. The van der Waals surface area contributed by atoms with Gasteiger partial charge in [0.15, 0.2) is 5.82 Å². The van der Waals surface area contributed by atoms with Crippen molar-refractivity contribution in [3.05, 3.63) is 16.8 Å². The predicted octanol–water partition coefficient (Wildman–Crippen LogP) is 0.705. The highest BCUT2D eigenvalue weighted by Crippen LogP contribution is 2.25. The van der Waals surface area contributed by atoms with Gasteiger partial charge < -0.3 is 20.5 Å². The van der Waals surface area contributed by atoms with Crippen molar-refractivity contribution in [2.45, 2.75) is 32.8 Å². The minimum Gasteiger partial charge on any atom is -0.394 e. The molecule has 2 heterocycles. The molecule has 0 bridgehead atoms. The van der Waals surface area contributed by atoms with Crippen LogP contribution in [0.15, 0.2) is 0 Å². The molecule has 0 aromatic carbocycles. The number of hydrogen-bond acceptors (Lipinski definition) is 6. The van der Waals surface area contributed by atoms with Gasteiger partial charge in [-0.2, -0.15) is 5.10 Å². The van der Waals surface area contributed by atoms with Gasteiger partial charge in [-0.15, -0.1) is 5.10 Å². The highest BCUT2D eigenvalue weighted by atomic mass is 32.1. The highest BCUT2D eigenvalue weighted by Gasteiger charge is 2.24. The molecule has 7 heteroatoms. The lowest BCUT2D eigenvalue weighted by molar-refractivity contribution is 0.0158. The van der Waals surface area contributed by atoms with E-state index in [0.29, 0.717) is 11.6 Å². The molecule has 2 rings (SSSR count). The molecule has 0 amide bonds. The third kappa shape index (κ3) is 3.66. The number of piperidine rings is 1. The maximum absolute atomic E-state index is 8.80. The zero-order valence-corrected chi connectivity index (χ0v) is 13.3. The first kappa shape index (κ1) is 16.1. The first-order valence-electron chi connectivity index (χ1n) is 7.15. The summed E-state index contributed by atoms with van der Waals surface area (Å²) in [6.07, 6.45) is 1.98. The number of nitrogens with zero attached hydrogens (tertiary/aromatic N) is 3. The Morgan fingerprint density at radius 2 is 2.05 bits per heavy atom. The SMILES string of the molecule is Cc1nnc(N2CCC(OCCO)CC2)c(C(N)=S)c1C. The first-order chi connectivity index (χ1) is 10.0. The summed E-state index contributed by atoms with van der Waals surface area (Å²) in [5.41, 5.74) is 8.54. The maximum Gasteiger partial charge on any atom is 0.161 e. The molecule has 6 nitrogen and oxygen atoms in total. The second kappa shape index (κ2) is 7.11. The summed E-state index contributed by atoms with van der Waals surface area (Å²) < 4.78 is 5.57. The van der Waals surface area contributed by atoms with Gasteiger partial charge in [0.2, 0.25) is 0 Å². The molecular formula is C14H22N4O2S. The summed E-state index contributed by atoms with van der Waals surface area (Å²) >= 11 is 5.18. The van der Waals surface area contributed by atoms with Crippen molar-refractivity contribution < 1.29 is 9.84 Å². The number of rotatable bonds is 5. The molecule has 0 atom stereocenters. The number of aliphatic hydroxyl groups excluding tert-OH is 1. The van der Waals surface area contributed by atoms with Crippen LogP contribution in [0.25, 0.3) is 0 Å². The van der Waals surface area contributed by atoms with E-state index in [1.165, 1.54) is 0 Å². The fourth-order valence-electron chi connectivity index (χ4n) is 2.57. The number of ether oxygens (including phenoxy) is 1. The quantitative estimate of drug-likeness (QED) is 0.775. The molecule has 3 N–H and O–H groups in total. The van der Waals surface area contributed by atoms with Gasteiger partial charge in [0, 0.05) is 13.1 Å². The molecule has 1 saturated heterocycles. The van der Waals surface area contributed by atoms with Crippen molar-refractivity contribution in [1.82, 2.24) is 10.2 Å². The van der Waals surface area contributed by atoms with Gasteiger partial charge in [0.1, 0.15) is 4.99 Å². The van der Waals surface area contributed by atoms with E-state index in [1.807, 2.05) is 13.8 Å². The molecule has 1 fully saturated rings. The molecule has 116 valence electrons. The van der Waals surface area contributed by atoms with Gasteiger partial charge in [-0.3, -0.25) is 0 Å². The lowest BCUT2D eigenvalue weighted by Gasteiger charge is -2.33. The Balaban J connectivity index is 2.13. The minimum atomic E-state index is 0.0639. The van der Waals surface area contributed by atoms with Crippen molar-refractivity contribution in [3.63, 3.8) is 0 Å². The molecule has 0 spiro atoms. The van der Waals surface area contributed by atoms with Gasteiger partial charge in [-0.05, 0) is 32.3 Å². The Morgan fingerprint density at radius 1 is 1.38 bits per heavy atom. The zero-order valence-electron chi connectivity index (χ0n) is 12.5.